The van der Waals surface area contributed by atoms with Crippen LogP contribution in [0, 0.1) is 0 Å². The Hall–Kier alpha value is -2.86. The molecule has 3 aromatic rings. The minimum Gasteiger partial charge on any atom is -0.365 e. The van der Waals surface area contributed by atoms with Crippen molar-refractivity contribution in [2.75, 3.05) is 30.0 Å². The van der Waals surface area contributed by atoms with Gasteiger partial charge in [-0.3, -0.25) is 4.79 Å². The number of likely N-dealkylation sites (N-methyl/N-ethyl adjacent to an activating group) is 1. The quantitative estimate of drug-likeness (QED) is 0.610. The fourth-order valence-corrected chi connectivity index (χ4v) is 5.75. The van der Waals surface area contributed by atoms with E-state index in [0.717, 1.165) is 22.0 Å². The maximum Gasteiger partial charge on any atom is 0.242 e. The highest BCUT2D eigenvalue weighted by atomic mass is 32.2. The van der Waals surface area contributed by atoms with Gasteiger partial charge in [-0.05, 0) is 34.9 Å². The van der Waals surface area contributed by atoms with Crippen molar-refractivity contribution in [2.24, 2.45) is 0 Å². The number of hydrogen-bond acceptors (Lipinski definition) is 4. The van der Waals surface area contributed by atoms with Gasteiger partial charge in [0.05, 0.1) is 18.1 Å². The van der Waals surface area contributed by atoms with Crippen LogP contribution in [0.25, 0.3) is 10.8 Å². The van der Waals surface area contributed by atoms with Crippen molar-refractivity contribution in [3.63, 3.8) is 0 Å². The van der Waals surface area contributed by atoms with Crippen LogP contribution >= 0.6 is 0 Å². The van der Waals surface area contributed by atoms with Gasteiger partial charge in [0.2, 0.25) is 5.91 Å². The molecule has 0 N–H and O–H groups in total. The van der Waals surface area contributed by atoms with E-state index >= 15 is 0 Å². The lowest BCUT2D eigenvalue weighted by Crippen LogP contribution is -2.45. The highest BCUT2D eigenvalue weighted by Gasteiger charge is 2.34. The van der Waals surface area contributed by atoms with Crippen LogP contribution in [-0.4, -0.2) is 50.4 Å². The molecule has 3 aromatic carbocycles. The summed E-state index contributed by atoms with van der Waals surface area (Å²) in [4.78, 5) is 17.0. The molecule has 1 amide bonds. The summed E-state index contributed by atoms with van der Waals surface area (Å²) in [6.07, 6.45) is 0.501. The van der Waals surface area contributed by atoms with Gasteiger partial charge in [-0.2, -0.15) is 0 Å². The SMILES string of the molecule is CN(CC(=O)N(Cc1ccccc1)[C@H]1CCS(=O)(=O)C1)c1ccc2ccccc2c1. The Bertz CT molecular complexity index is 1150. The fourth-order valence-electron chi connectivity index (χ4n) is 4.02. The molecule has 6 heteroatoms. The molecule has 0 aliphatic carbocycles. The molecule has 30 heavy (non-hydrogen) atoms. The Balaban J connectivity index is 1.54. The smallest absolute Gasteiger partial charge is 0.242 e. The third kappa shape index (κ3) is 4.65. The zero-order valence-electron chi connectivity index (χ0n) is 17.1. The Morgan fingerprint density at radius 3 is 2.37 bits per heavy atom. The third-order valence-electron chi connectivity index (χ3n) is 5.71. The summed E-state index contributed by atoms with van der Waals surface area (Å²) in [6, 6.07) is 23.7. The van der Waals surface area contributed by atoms with Crippen LogP contribution < -0.4 is 4.90 Å². The largest absolute Gasteiger partial charge is 0.365 e. The topological polar surface area (TPSA) is 57.7 Å². The lowest BCUT2D eigenvalue weighted by atomic mass is 10.1. The number of amides is 1. The molecule has 4 rings (SSSR count). The van der Waals surface area contributed by atoms with Crippen molar-refractivity contribution in [3.05, 3.63) is 78.4 Å². The van der Waals surface area contributed by atoms with E-state index < -0.39 is 9.84 Å². The number of rotatable bonds is 6. The fraction of sp³-hybridized carbons (Fsp3) is 0.292. The van der Waals surface area contributed by atoms with Crippen molar-refractivity contribution in [2.45, 2.75) is 19.0 Å². The molecule has 0 unspecified atom stereocenters. The summed E-state index contributed by atoms with van der Waals surface area (Å²) < 4.78 is 24.1. The van der Waals surface area contributed by atoms with Gasteiger partial charge in [0.1, 0.15) is 0 Å². The molecule has 1 saturated heterocycles. The normalized spacial score (nSPS) is 17.7. The van der Waals surface area contributed by atoms with Crippen LogP contribution in [0.5, 0.6) is 0 Å². The van der Waals surface area contributed by atoms with Crippen molar-refractivity contribution < 1.29 is 13.2 Å². The highest BCUT2D eigenvalue weighted by Crippen LogP contribution is 2.23. The number of hydrogen-bond donors (Lipinski definition) is 0. The van der Waals surface area contributed by atoms with E-state index in [0.29, 0.717) is 13.0 Å². The number of fused-ring (bicyclic) bond motifs is 1. The van der Waals surface area contributed by atoms with E-state index in [4.69, 9.17) is 0 Å². The number of anilines is 1. The summed E-state index contributed by atoms with van der Waals surface area (Å²) in [5.41, 5.74) is 1.96. The van der Waals surface area contributed by atoms with E-state index in [9.17, 15) is 13.2 Å². The summed E-state index contributed by atoms with van der Waals surface area (Å²) in [5, 5.41) is 2.28. The standard InChI is InChI=1S/C24H26N2O3S/c1-25(22-12-11-20-9-5-6-10-21(20)15-22)17-24(27)26(16-19-7-3-2-4-8-19)23-13-14-30(28,29)18-23/h2-12,15,23H,13-14,16-18H2,1H3/t23-/m0/s1. The second-order valence-electron chi connectivity index (χ2n) is 7.95. The predicted octanol–water partition coefficient (Wildman–Crippen LogP) is 3.49. The second-order valence-corrected chi connectivity index (χ2v) is 10.2. The first kappa shape index (κ1) is 20.4. The van der Waals surface area contributed by atoms with E-state index in [1.165, 1.54) is 0 Å². The first-order chi connectivity index (χ1) is 14.4. The summed E-state index contributed by atoms with van der Waals surface area (Å²) in [6.45, 7) is 0.618. The molecule has 1 atom stereocenters. The summed E-state index contributed by atoms with van der Waals surface area (Å²) in [5.74, 6) is 0.138. The minimum atomic E-state index is -3.08. The van der Waals surface area contributed by atoms with Gasteiger partial charge >= 0.3 is 0 Å². The molecular weight excluding hydrogens is 396 g/mol. The third-order valence-corrected chi connectivity index (χ3v) is 7.46. The first-order valence-electron chi connectivity index (χ1n) is 10.1. The summed E-state index contributed by atoms with van der Waals surface area (Å²) in [7, 11) is -1.18. The molecule has 1 aliphatic heterocycles. The molecular formula is C24H26N2O3S. The van der Waals surface area contributed by atoms with Crippen LogP contribution in [0.3, 0.4) is 0 Å². The summed E-state index contributed by atoms with van der Waals surface area (Å²) >= 11 is 0. The maximum atomic E-state index is 13.3. The molecule has 5 nitrogen and oxygen atoms in total. The molecule has 1 fully saturated rings. The van der Waals surface area contributed by atoms with E-state index in [-0.39, 0.29) is 30.0 Å². The average molecular weight is 423 g/mol. The molecule has 1 aliphatic rings. The maximum absolute atomic E-state index is 13.3. The zero-order valence-corrected chi connectivity index (χ0v) is 17.9. The van der Waals surface area contributed by atoms with Gasteiger partial charge in [-0.1, -0.05) is 60.7 Å². The van der Waals surface area contributed by atoms with Gasteiger partial charge in [0.15, 0.2) is 9.84 Å². The number of carbonyl (C=O) groups excluding carboxylic acids is 1. The van der Waals surface area contributed by atoms with Gasteiger partial charge in [-0.25, -0.2) is 8.42 Å². The van der Waals surface area contributed by atoms with Crippen LogP contribution in [0.4, 0.5) is 5.69 Å². The first-order valence-corrected chi connectivity index (χ1v) is 12.0. The Kier molecular flexibility index (Phi) is 5.77. The zero-order chi connectivity index (χ0) is 21.1. The lowest BCUT2D eigenvalue weighted by molar-refractivity contribution is -0.132. The van der Waals surface area contributed by atoms with Gasteiger partial charge in [-0.15, -0.1) is 0 Å². The molecule has 0 spiro atoms. The van der Waals surface area contributed by atoms with Crippen molar-refractivity contribution in [1.29, 1.82) is 0 Å². The van der Waals surface area contributed by atoms with Crippen molar-refractivity contribution >= 4 is 32.2 Å². The Morgan fingerprint density at radius 2 is 1.67 bits per heavy atom. The molecule has 0 aromatic heterocycles. The minimum absolute atomic E-state index is 0.0469. The lowest BCUT2D eigenvalue weighted by Gasteiger charge is -2.31. The van der Waals surface area contributed by atoms with Gasteiger partial charge < -0.3 is 9.80 Å². The van der Waals surface area contributed by atoms with Gasteiger partial charge in [0, 0.05) is 25.3 Å². The van der Waals surface area contributed by atoms with Crippen LogP contribution in [0.2, 0.25) is 0 Å². The molecule has 0 saturated carbocycles. The van der Waals surface area contributed by atoms with Crippen molar-refractivity contribution in [1.82, 2.24) is 4.90 Å². The molecule has 1 heterocycles. The van der Waals surface area contributed by atoms with E-state index in [1.807, 2.05) is 60.5 Å². The predicted molar refractivity (Wildman–Crippen MR) is 121 cm³/mol. The van der Waals surface area contributed by atoms with Crippen LogP contribution in [-0.2, 0) is 21.2 Å². The average Bonchev–Trinajstić information content (AvgIpc) is 3.11. The molecule has 0 radical (unpaired) electrons. The molecule has 0 bridgehead atoms. The Labute approximate surface area is 177 Å². The number of nitrogens with zero attached hydrogens (tertiary/aromatic N) is 2. The van der Waals surface area contributed by atoms with E-state index in [1.54, 1.807) is 4.90 Å². The van der Waals surface area contributed by atoms with Gasteiger partial charge in [0.25, 0.3) is 0 Å². The van der Waals surface area contributed by atoms with Crippen molar-refractivity contribution in [3.8, 4) is 0 Å². The number of carbonyl (C=O) groups is 1. The monoisotopic (exact) mass is 422 g/mol. The second kappa shape index (κ2) is 8.48. The number of benzene rings is 3. The number of sulfone groups is 1. The van der Waals surface area contributed by atoms with Crippen LogP contribution in [0.15, 0.2) is 72.8 Å². The van der Waals surface area contributed by atoms with E-state index in [2.05, 4.69) is 24.3 Å². The highest BCUT2D eigenvalue weighted by molar-refractivity contribution is 7.91. The van der Waals surface area contributed by atoms with Crippen LogP contribution in [0.1, 0.15) is 12.0 Å². The Morgan fingerprint density at radius 1 is 0.967 bits per heavy atom. The molecule has 156 valence electrons.